The van der Waals surface area contributed by atoms with Crippen LogP contribution in [0.4, 0.5) is 0 Å². The highest BCUT2D eigenvalue weighted by Crippen LogP contribution is 2.38. The highest BCUT2D eigenvalue weighted by molar-refractivity contribution is 5.87. The Labute approximate surface area is 167 Å². The van der Waals surface area contributed by atoms with Crippen LogP contribution in [-0.4, -0.2) is 43.1 Å². The van der Waals surface area contributed by atoms with Gasteiger partial charge in [0.05, 0.1) is 19.0 Å². The van der Waals surface area contributed by atoms with Crippen LogP contribution in [0.1, 0.15) is 57.1 Å². The van der Waals surface area contributed by atoms with Crippen molar-refractivity contribution in [2.45, 2.75) is 58.4 Å². The van der Waals surface area contributed by atoms with Crippen molar-refractivity contribution in [3.8, 4) is 5.75 Å². The molecule has 0 heterocycles. The van der Waals surface area contributed by atoms with Gasteiger partial charge in [0.15, 0.2) is 0 Å². The van der Waals surface area contributed by atoms with Gasteiger partial charge in [-0.2, -0.15) is 0 Å². The average Bonchev–Trinajstić information content (AvgIpc) is 2.67. The van der Waals surface area contributed by atoms with Crippen LogP contribution < -0.4 is 14.9 Å². The predicted molar refractivity (Wildman–Crippen MR) is 105 cm³/mol. The van der Waals surface area contributed by atoms with Crippen molar-refractivity contribution in [1.82, 2.24) is 4.90 Å². The van der Waals surface area contributed by atoms with E-state index in [9.17, 15) is 19.8 Å². The lowest BCUT2D eigenvalue weighted by molar-refractivity contribution is -0.301. The van der Waals surface area contributed by atoms with Crippen molar-refractivity contribution in [1.29, 1.82) is 0 Å². The lowest BCUT2D eigenvalue weighted by Gasteiger charge is -2.40. The van der Waals surface area contributed by atoms with Crippen LogP contribution in [0.2, 0.25) is 0 Å². The molecule has 2 rings (SSSR count). The number of benzene rings is 1. The Kier molecular flexibility index (Phi) is 10.3. The molecule has 1 aliphatic rings. The number of ether oxygens (including phenoxy) is 1. The number of fused-ring (bicyclic) bond motifs is 1. The second kappa shape index (κ2) is 12.2. The van der Waals surface area contributed by atoms with Gasteiger partial charge >= 0.3 is 0 Å². The van der Waals surface area contributed by atoms with Crippen LogP contribution in [0.3, 0.4) is 0 Å². The number of hydrogen-bond acceptors (Lipinski definition) is 6. The van der Waals surface area contributed by atoms with E-state index in [0.717, 1.165) is 12.2 Å². The molecule has 1 aromatic carbocycles. The van der Waals surface area contributed by atoms with Crippen molar-refractivity contribution in [3.05, 3.63) is 41.5 Å². The normalized spacial score (nSPS) is 18.3. The highest BCUT2D eigenvalue weighted by atomic mass is 16.5. The summed E-state index contributed by atoms with van der Waals surface area (Å²) in [6.45, 7) is 9.41. The van der Waals surface area contributed by atoms with Gasteiger partial charge in [-0.25, -0.2) is 0 Å². The molecule has 0 saturated heterocycles. The fourth-order valence-corrected chi connectivity index (χ4v) is 3.87. The first kappa shape index (κ1) is 23.7. The van der Waals surface area contributed by atoms with Crippen molar-refractivity contribution in [2.24, 2.45) is 0 Å². The van der Waals surface area contributed by atoms with Gasteiger partial charge in [-0.3, -0.25) is 4.90 Å². The molecular formula is C22H31NO5-2. The quantitative estimate of drug-likeness (QED) is 0.622. The van der Waals surface area contributed by atoms with E-state index >= 15 is 0 Å². The summed E-state index contributed by atoms with van der Waals surface area (Å²) in [6.07, 6.45) is 5.67. The lowest BCUT2D eigenvalue weighted by atomic mass is 9.79. The lowest BCUT2D eigenvalue weighted by Crippen LogP contribution is -2.42. The fraction of sp³-hybridized carbons (Fsp3) is 0.545. The molecule has 0 radical (unpaired) electrons. The molecule has 28 heavy (non-hydrogen) atoms. The first-order valence-electron chi connectivity index (χ1n) is 9.85. The molecule has 0 aliphatic heterocycles. The molecule has 156 valence electrons. The molecule has 0 fully saturated rings. The molecule has 0 N–H and O–H groups in total. The third-order valence-electron chi connectivity index (χ3n) is 4.99. The maximum Gasteiger partial charge on any atom is 0.122 e. The number of aliphatic carboxylic acids is 2. The summed E-state index contributed by atoms with van der Waals surface area (Å²) in [7, 11) is 1.78. The highest BCUT2D eigenvalue weighted by Gasteiger charge is 2.31. The number of rotatable bonds is 8. The zero-order valence-electron chi connectivity index (χ0n) is 17.3. The number of methoxy groups -OCH3 is 1. The van der Waals surface area contributed by atoms with Crippen molar-refractivity contribution < 1.29 is 24.5 Å². The first-order chi connectivity index (χ1) is 13.3. The molecule has 1 aromatic rings. The molecule has 0 aromatic heterocycles. The van der Waals surface area contributed by atoms with E-state index in [4.69, 9.17) is 4.74 Å². The number of carboxylic acids is 2. The predicted octanol–water partition coefficient (Wildman–Crippen LogP) is 1.28. The van der Waals surface area contributed by atoms with Gasteiger partial charge in [0, 0.05) is 6.04 Å². The minimum Gasteiger partial charge on any atom is -0.545 e. The van der Waals surface area contributed by atoms with Crippen LogP contribution in [0, 0.1) is 0 Å². The largest absolute Gasteiger partial charge is 0.545 e. The molecule has 2 atom stereocenters. The zero-order chi connectivity index (χ0) is 21.1. The number of carbonyl (C=O) groups is 2. The standard InChI is InChI=1S/C18H29NO.C4H4O4/c1-5-12-19(13-6-2)17-11-10-16-15(14(17)3)8-7-9-18(16)20-4;5-3(6)1-2-4(7)8/h7-9,14,17H,5-6,10-13H2,1-4H3;1-2H,(H,5,6)(H,7,8)/p-2/b;2-1-/t14-,17+;/m0./s1. The molecule has 1 aliphatic carbocycles. The molecular weight excluding hydrogens is 358 g/mol. The van der Waals surface area contributed by atoms with Crippen LogP contribution >= 0.6 is 0 Å². The summed E-state index contributed by atoms with van der Waals surface area (Å²) in [6, 6.07) is 7.22. The second-order valence-corrected chi connectivity index (χ2v) is 6.93. The van der Waals surface area contributed by atoms with Gasteiger partial charge in [-0.05, 0) is 74.0 Å². The number of nitrogens with zero attached hydrogens (tertiary/aromatic N) is 1. The van der Waals surface area contributed by atoms with E-state index in [-0.39, 0.29) is 0 Å². The monoisotopic (exact) mass is 389 g/mol. The molecule has 0 amide bonds. The topological polar surface area (TPSA) is 92.7 Å². The van der Waals surface area contributed by atoms with Gasteiger partial charge in [0.2, 0.25) is 0 Å². The molecule has 0 saturated carbocycles. The van der Waals surface area contributed by atoms with Crippen LogP contribution in [0.5, 0.6) is 5.75 Å². The Hall–Kier alpha value is -2.34. The van der Waals surface area contributed by atoms with E-state index < -0.39 is 11.9 Å². The average molecular weight is 389 g/mol. The van der Waals surface area contributed by atoms with Crippen LogP contribution in [0.25, 0.3) is 0 Å². The van der Waals surface area contributed by atoms with Crippen molar-refractivity contribution >= 4 is 11.9 Å². The van der Waals surface area contributed by atoms with Crippen LogP contribution in [-0.2, 0) is 16.0 Å². The number of carbonyl (C=O) groups excluding carboxylic acids is 2. The van der Waals surface area contributed by atoms with Gasteiger partial charge < -0.3 is 24.5 Å². The SMILES string of the molecule is CCCN(CCC)[C@@H]1CCc2c(OC)cccc2[C@@H]1C.O=C([O-])/C=C\C(=O)[O-]. The maximum absolute atomic E-state index is 9.41. The van der Waals surface area contributed by atoms with Crippen molar-refractivity contribution in [2.75, 3.05) is 20.2 Å². The van der Waals surface area contributed by atoms with E-state index in [0.29, 0.717) is 24.1 Å². The fourth-order valence-electron chi connectivity index (χ4n) is 3.87. The maximum atomic E-state index is 9.41. The second-order valence-electron chi connectivity index (χ2n) is 6.93. The summed E-state index contributed by atoms with van der Waals surface area (Å²) in [4.78, 5) is 21.5. The number of hydrogen-bond donors (Lipinski definition) is 0. The van der Waals surface area contributed by atoms with Gasteiger partial charge in [0.1, 0.15) is 5.75 Å². The third-order valence-corrected chi connectivity index (χ3v) is 4.99. The van der Waals surface area contributed by atoms with Gasteiger partial charge in [0.25, 0.3) is 0 Å². The first-order valence-corrected chi connectivity index (χ1v) is 9.85. The molecule has 0 spiro atoms. The Morgan fingerprint density at radius 3 is 2.18 bits per heavy atom. The summed E-state index contributed by atoms with van der Waals surface area (Å²) >= 11 is 0. The summed E-state index contributed by atoms with van der Waals surface area (Å²) in [5.41, 5.74) is 2.93. The van der Waals surface area contributed by atoms with Gasteiger partial charge in [-0.1, -0.05) is 32.9 Å². The van der Waals surface area contributed by atoms with E-state index in [1.165, 1.54) is 43.5 Å². The molecule has 0 bridgehead atoms. The summed E-state index contributed by atoms with van der Waals surface area (Å²) in [5, 5.41) is 18.8. The molecule has 6 heteroatoms. The Balaban J connectivity index is 0.000000416. The third kappa shape index (κ3) is 7.00. The minimum atomic E-state index is -1.55. The Morgan fingerprint density at radius 2 is 1.71 bits per heavy atom. The molecule has 0 unspecified atom stereocenters. The summed E-state index contributed by atoms with van der Waals surface area (Å²) < 4.78 is 5.54. The van der Waals surface area contributed by atoms with Crippen molar-refractivity contribution in [3.63, 3.8) is 0 Å². The van der Waals surface area contributed by atoms with E-state index in [1.807, 2.05) is 0 Å². The van der Waals surface area contributed by atoms with Gasteiger partial charge in [-0.15, -0.1) is 0 Å². The Bertz CT molecular complexity index is 649. The van der Waals surface area contributed by atoms with Crippen LogP contribution in [0.15, 0.2) is 30.4 Å². The van der Waals surface area contributed by atoms with E-state index in [1.54, 1.807) is 7.11 Å². The number of carboxylic acid groups (broad SMARTS) is 2. The minimum absolute atomic E-state index is 0.384. The zero-order valence-corrected chi connectivity index (χ0v) is 17.3. The Morgan fingerprint density at radius 1 is 1.14 bits per heavy atom. The molecule has 6 nitrogen and oxygen atoms in total. The van der Waals surface area contributed by atoms with E-state index in [2.05, 4.69) is 43.9 Å². The smallest absolute Gasteiger partial charge is 0.122 e. The summed E-state index contributed by atoms with van der Waals surface area (Å²) in [5.74, 6) is -1.42.